The monoisotopic (exact) mass is 553 g/mol. The molecule has 1 aliphatic carbocycles. The van der Waals surface area contributed by atoms with Crippen molar-refractivity contribution in [2.45, 2.75) is 46.1 Å². The molecule has 4 rings (SSSR count). The van der Waals surface area contributed by atoms with Crippen LogP contribution in [-0.4, -0.2) is 30.1 Å². The fourth-order valence-electron chi connectivity index (χ4n) is 4.05. The number of thiophene rings is 1. The highest BCUT2D eigenvalue weighted by Gasteiger charge is 2.28. The van der Waals surface area contributed by atoms with Gasteiger partial charge in [0.05, 0.1) is 17.9 Å². The molecule has 38 heavy (non-hydrogen) atoms. The Morgan fingerprint density at radius 3 is 2.50 bits per heavy atom. The molecule has 0 saturated carbocycles. The summed E-state index contributed by atoms with van der Waals surface area (Å²) in [4.78, 5) is 38.7. The van der Waals surface area contributed by atoms with Crippen LogP contribution in [0.5, 0.6) is 5.75 Å². The lowest BCUT2D eigenvalue weighted by molar-refractivity contribution is -0.136. The van der Waals surface area contributed by atoms with Gasteiger partial charge in [0.25, 0.3) is 0 Å². The molecule has 10 heteroatoms. The number of nitrogens with zero attached hydrogens (tertiary/aromatic N) is 1. The van der Waals surface area contributed by atoms with Crippen molar-refractivity contribution >= 4 is 51.4 Å². The van der Waals surface area contributed by atoms with Crippen molar-refractivity contribution < 1.29 is 23.9 Å². The number of halogens is 1. The first-order valence-electron chi connectivity index (χ1n) is 12.3. The Labute approximate surface area is 230 Å². The summed E-state index contributed by atoms with van der Waals surface area (Å²) in [5.41, 5.74) is 5.67. The number of ether oxygens (including phenoxy) is 2. The second-order valence-corrected chi connectivity index (χ2v) is 10.1. The third-order valence-corrected chi connectivity index (χ3v) is 7.61. The van der Waals surface area contributed by atoms with Crippen molar-refractivity contribution in [2.75, 3.05) is 11.9 Å². The Morgan fingerprint density at radius 1 is 1.03 bits per heavy atom. The van der Waals surface area contributed by atoms with E-state index in [4.69, 9.17) is 21.1 Å². The predicted octanol–water partition coefficient (Wildman–Crippen LogP) is 5.51. The summed E-state index contributed by atoms with van der Waals surface area (Å²) >= 11 is 7.48. The molecule has 2 aromatic carbocycles. The molecule has 2 amide bonds. The quantitative estimate of drug-likeness (QED) is 0.165. The van der Waals surface area contributed by atoms with E-state index in [0.717, 1.165) is 47.3 Å². The van der Waals surface area contributed by atoms with E-state index in [0.29, 0.717) is 33.7 Å². The smallest absolute Gasteiger partial charge is 0.341 e. The molecule has 0 radical (unpaired) electrons. The lowest BCUT2D eigenvalue weighted by Crippen LogP contribution is -2.33. The van der Waals surface area contributed by atoms with Gasteiger partial charge < -0.3 is 14.8 Å². The minimum absolute atomic E-state index is 0.222. The number of hydrogen-bond acceptors (Lipinski definition) is 7. The van der Waals surface area contributed by atoms with Crippen molar-refractivity contribution in [3.05, 3.63) is 80.7 Å². The number of esters is 1. The molecule has 0 atom stereocenters. The zero-order chi connectivity index (χ0) is 27.1. The van der Waals surface area contributed by atoms with E-state index in [9.17, 15) is 14.4 Å². The summed E-state index contributed by atoms with van der Waals surface area (Å²) in [5.74, 6) is -1.68. The lowest BCUT2D eigenvalue weighted by atomic mass is 9.95. The van der Waals surface area contributed by atoms with Gasteiger partial charge in [0.2, 0.25) is 0 Å². The van der Waals surface area contributed by atoms with Crippen LogP contribution in [0.25, 0.3) is 0 Å². The number of nitrogens with one attached hydrogen (secondary N) is 2. The van der Waals surface area contributed by atoms with E-state index in [-0.39, 0.29) is 6.61 Å². The van der Waals surface area contributed by atoms with E-state index in [1.54, 1.807) is 38.1 Å². The Hall–Kier alpha value is -3.69. The Kier molecular flexibility index (Phi) is 9.15. The van der Waals surface area contributed by atoms with Crippen LogP contribution >= 0.6 is 22.9 Å². The Balaban J connectivity index is 1.36. The minimum atomic E-state index is -0.940. The van der Waals surface area contributed by atoms with E-state index < -0.39 is 17.8 Å². The Morgan fingerprint density at radius 2 is 1.76 bits per heavy atom. The van der Waals surface area contributed by atoms with Gasteiger partial charge in [0.1, 0.15) is 17.4 Å². The van der Waals surface area contributed by atoms with Crippen LogP contribution in [-0.2, 0) is 33.8 Å². The summed E-state index contributed by atoms with van der Waals surface area (Å²) in [6.07, 6.45) is 3.57. The molecule has 0 bridgehead atoms. The van der Waals surface area contributed by atoms with Gasteiger partial charge in [-0.3, -0.25) is 9.59 Å². The molecular weight excluding hydrogens is 526 g/mol. The van der Waals surface area contributed by atoms with E-state index in [1.807, 2.05) is 24.3 Å². The van der Waals surface area contributed by atoms with Gasteiger partial charge in [-0.2, -0.15) is 5.10 Å². The fourth-order valence-corrected chi connectivity index (χ4v) is 5.51. The molecule has 2 N–H and O–H groups in total. The first-order valence-corrected chi connectivity index (χ1v) is 13.5. The number of anilines is 1. The second-order valence-electron chi connectivity index (χ2n) is 8.63. The first kappa shape index (κ1) is 27.3. The molecule has 1 heterocycles. The van der Waals surface area contributed by atoms with Crippen molar-refractivity contribution in [3.8, 4) is 5.75 Å². The fraction of sp³-hybridized carbons (Fsp3) is 0.286. The number of carbonyl (C=O) groups is 3. The molecule has 0 saturated heterocycles. The first-order chi connectivity index (χ1) is 18.4. The highest BCUT2D eigenvalue weighted by molar-refractivity contribution is 7.17. The second kappa shape index (κ2) is 12.7. The number of aryl methyl sites for hydroxylation is 1. The van der Waals surface area contributed by atoms with E-state index in [1.165, 1.54) is 11.3 Å². The number of carbonyl (C=O) groups excluding carboxylic acids is 3. The van der Waals surface area contributed by atoms with Crippen molar-refractivity contribution in [2.24, 2.45) is 5.10 Å². The van der Waals surface area contributed by atoms with Crippen molar-refractivity contribution in [1.29, 1.82) is 0 Å². The van der Waals surface area contributed by atoms with Gasteiger partial charge in [0, 0.05) is 15.5 Å². The predicted molar refractivity (Wildman–Crippen MR) is 148 cm³/mol. The van der Waals surface area contributed by atoms with Gasteiger partial charge >= 0.3 is 17.8 Å². The molecule has 198 valence electrons. The van der Waals surface area contributed by atoms with Crippen LogP contribution in [0, 0.1) is 0 Å². The third-order valence-electron chi connectivity index (χ3n) is 6.03. The van der Waals surface area contributed by atoms with Gasteiger partial charge in [0.15, 0.2) is 0 Å². The highest BCUT2D eigenvalue weighted by Crippen LogP contribution is 2.38. The number of rotatable bonds is 8. The zero-order valence-corrected chi connectivity index (χ0v) is 22.7. The van der Waals surface area contributed by atoms with Gasteiger partial charge in [-0.25, -0.2) is 10.2 Å². The summed E-state index contributed by atoms with van der Waals surface area (Å²) in [6, 6.07) is 14.6. The maximum Gasteiger partial charge on any atom is 0.341 e. The number of benzene rings is 2. The normalized spacial score (nSPS) is 12.9. The average Bonchev–Trinajstić information content (AvgIpc) is 3.29. The summed E-state index contributed by atoms with van der Waals surface area (Å²) in [5, 5.41) is 7.61. The van der Waals surface area contributed by atoms with Gasteiger partial charge in [-0.15, -0.1) is 11.3 Å². The number of amides is 2. The van der Waals surface area contributed by atoms with Gasteiger partial charge in [-0.05, 0) is 81.0 Å². The lowest BCUT2D eigenvalue weighted by Gasteiger charge is -2.12. The molecule has 0 aliphatic heterocycles. The SMILES string of the molecule is CCOC(=O)c1c(NC(=O)C(=O)NN=C(C)c2ccc(OCc3ccccc3Cl)cc2)sc2c1CCCC2. The summed E-state index contributed by atoms with van der Waals surface area (Å²) in [6.45, 7) is 4.00. The van der Waals surface area contributed by atoms with Crippen LogP contribution < -0.4 is 15.5 Å². The zero-order valence-electron chi connectivity index (χ0n) is 21.1. The topological polar surface area (TPSA) is 106 Å². The van der Waals surface area contributed by atoms with E-state index >= 15 is 0 Å². The largest absolute Gasteiger partial charge is 0.489 e. The third kappa shape index (κ3) is 6.59. The van der Waals surface area contributed by atoms with Crippen LogP contribution in [0.3, 0.4) is 0 Å². The Bertz CT molecular complexity index is 1370. The molecule has 0 unspecified atom stereocenters. The highest BCUT2D eigenvalue weighted by atomic mass is 35.5. The van der Waals surface area contributed by atoms with Crippen LogP contribution in [0.2, 0.25) is 5.02 Å². The maximum atomic E-state index is 12.6. The summed E-state index contributed by atoms with van der Waals surface area (Å²) < 4.78 is 11.0. The van der Waals surface area contributed by atoms with Crippen LogP contribution in [0.15, 0.2) is 53.6 Å². The molecule has 3 aromatic rings. The molecule has 8 nitrogen and oxygen atoms in total. The average molecular weight is 554 g/mol. The maximum absolute atomic E-state index is 12.6. The number of hydrazone groups is 1. The van der Waals surface area contributed by atoms with Crippen LogP contribution in [0.1, 0.15) is 58.6 Å². The minimum Gasteiger partial charge on any atom is -0.489 e. The number of hydrogen-bond donors (Lipinski definition) is 2. The van der Waals surface area contributed by atoms with Crippen LogP contribution in [0.4, 0.5) is 5.00 Å². The molecule has 0 spiro atoms. The number of fused-ring (bicyclic) bond motifs is 1. The standard InChI is InChI=1S/C28H28ClN3O5S/c1-3-36-28(35)24-21-9-5-7-11-23(21)38-27(24)30-25(33)26(34)32-31-17(2)18-12-14-20(15-13-18)37-16-19-8-4-6-10-22(19)29/h4,6,8,10,12-15H,3,5,7,9,11,16H2,1-2H3,(H,30,33)(H,32,34). The molecule has 0 fully saturated rings. The summed E-state index contributed by atoms with van der Waals surface area (Å²) in [7, 11) is 0. The van der Waals surface area contributed by atoms with E-state index in [2.05, 4.69) is 15.8 Å². The molecule has 1 aromatic heterocycles. The van der Waals surface area contributed by atoms with Crippen molar-refractivity contribution in [3.63, 3.8) is 0 Å². The molecule has 1 aliphatic rings. The molecular formula is C28H28ClN3O5S. The van der Waals surface area contributed by atoms with Gasteiger partial charge in [-0.1, -0.05) is 29.8 Å². The van der Waals surface area contributed by atoms with Crippen molar-refractivity contribution in [1.82, 2.24) is 5.43 Å².